The van der Waals surface area contributed by atoms with Crippen molar-refractivity contribution in [3.63, 3.8) is 0 Å². The molecular formula is C14H15F3N6O2S2. The zero-order valence-electron chi connectivity index (χ0n) is 14.1. The number of nitrogens with zero attached hydrogens (tertiary/aromatic N) is 5. The Bertz CT molecular complexity index is 788. The zero-order chi connectivity index (χ0) is 19.3. The summed E-state index contributed by atoms with van der Waals surface area (Å²) in [5.41, 5.74) is 4.51. The average molecular weight is 420 g/mol. The van der Waals surface area contributed by atoms with Crippen molar-refractivity contribution in [2.45, 2.75) is 26.1 Å². The molecule has 0 saturated carbocycles. The molecule has 8 nitrogen and oxygen atoms in total. The smallest absolute Gasteiger partial charge is 0.372 e. The number of fused-ring (bicyclic) bond motifs is 1. The maximum absolute atomic E-state index is 12.0. The van der Waals surface area contributed by atoms with E-state index in [0.29, 0.717) is 28.7 Å². The van der Waals surface area contributed by atoms with Crippen LogP contribution in [0.15, 0.2) is 27.9 Å². The molecule has 146 valence electrons. The van der Waals surface area contributed by atoms with Crippen LogP contribution >= 0.6 is 23.6 Å². The van der Waals surface area contributed by atoms with Gasteiger partial charge in [-0.15, -0.1) is 42.8 Å². The molecule has 2 aromatic rings. The summed E-state index contributed by atoms with van der Waals surface area (Å²) in [6, 6.07) is 3.67. The van der Waals surface area contributed by atoms with Crippen molar-refractivity contribution in [1.29, 1.82) is 0 Å². The normalized spacial score (nSPS) is 14.6. The van der Waals surface area contributed by atoms with Crippen LogP contribution in [0.3, 0.4) is 0 Å². The van der Waals surface area contributed by atoms with Gasteiger partial charge in [0.05, 0.1) is 5.69 Å². The number of hydrogen-bond donors (Lipinski definition) is 1. The van der Waals surface area contributed by atoms with Gasteiger partial charge in [0, 0.05) is 18.8 Å². The van der Waals surface area contributed by atoms with Crippen molar-refractivity contribution in [1.82, 2.24) is 10.2 Å². The SMILES string of the molecule is CCN1CCCc2cc(N=Nc3nncs3)c(NSOOC(F)(F)F)cc21. The molecule has 2 heterocycles. The first-order valence-corrected chi connectivity index (χ1v) is 9.52. The molecule has 0 atom stereocenters. The van der Waals surface area contributed by atoms with Crippen LogP contribution in [0.2, 0.25) is 0 Å². The molecule has 0 unspecified atom stereocenters. The third kappa shape index (κ3) is 5.51. The number of azo groups is 1. The lowest BCUT2D eigenvalue weighted by atomic mass is 10.0. The largest absolute Gasteiger partial charge is 0.550 e. The molecule has 1 aromatic carbocycles. The van der Waals surface area contributed by atoms with Gasteiger partial charge in [-0.25, -0.2) is 0 Å². The van der Waals surface area contributed by atoms with E-state index in [1.54, 1.807) is 0 Å². The number of benzene rings is 1. The number of nitrogens with one attached hydrogen (secondary N) is 1. The summed E-state index contributed by atoms with van der Waals surface area (Å²) in [5.74, 6) is 0. The number of aromatic nitrogens is 2. The Morgan fingerprint density at radius 2 is 2.22 bits per heavy atom. The second kappa shape index (κ2) is 8.82. The van der Waals surface area contributed by atoms with Crippen molar-refractivity contribution >= 4 is 45.8 Å². The first-order valence-electron chi connectivity index (χ1n) is 7.90. The van der Waals surface area contributed by atoms with Crippen molar-refractivity contribution in [2.24, 2.45) is 10.2 Å². The molecule has 0 radical (unpaired) electrons. The van der Waals surface area contributed by atoms with Gasteiger partial charge in [-0.3, -0.25) is 0 Å². The second-order valence-corrected chi connectivity index (χ2v) is 6.70. The Labute approximate surface area is 161 Å². The van der Waals surface area contributed by atoms with Crippen LogP contribution < -0.4 is 9.62 Å². The Morgan fingerprint density at radius 3 is 2.93 bits per heavy atom. The maximum Gasteiger partial charge on any atom is 0.550 e. The van der Waals surface area contributed by atoms with E-state index in [4.69, 9.17) is 0 Å². The van der Waals surface area contributed by atoms with Crippen LogP contribution in [0, 0.1) is 0 Å². The van der Waals surface area contributed by atoms with Crippen molar-refractivity contribution in [3.8, 4) is 0 Å². The first kappa shape index (κ1) is 19.8. The van der Waals surface area contributed by atoms with Gasteiger partial charge in [-0.1, -0.05) is 11.3 Å². The lowest BCUT2D eigenvalue weighted by molar-refractivity contribution is -0.440. The second-order valence-electron chi connectivity index (χ2n) is 5.39. The molecule has 13 heteroatoms. The Morgan fingerprint density at radius 1 is 1.37 bits per heavy atom. The minimum Gasteiger partial charge on any atom is -0.372 e. The molecule has 27 heavy (non-hydrogen) atoms. The number of hydrogen-bond acceptors (Lipinski definition) is 10. The third-order valence-electron chi connectivity index (χ3n) is 3.70. The summed E-state index contributed by atoms with van der Waals surface area (Å²) in [6.45, 7) is 3.77. The molecule has 0 spiro atoms. The van der Waals surface area contributed by atoms with E-state index < -0.39 is 6.36 Å². The summed E-state index contributed by atoms with van der Waals surface area (Å²) < 4.78 is 42.8. The fourth-order valence-electron chi connectivity index (χ4n) is 2.61. The molecule has 1 aliphatic heterocycles. The molecule has 0 aliphatic carbocycles. The van der Waals surface area contributed by atoms with Crippen molar-refractivity contribution in [2.75, 3.05) is 22.7 Å². The average Bonchev–Trinajstić information content (AvgIpc) is 3.15. The maximum atomic E-state index is 12.0. The van der Waals surface area contributed by atoms with Crippen molar-refractivity contribution in [3.05, 3.63) is 23.2 Å². The summed E-state index contributed by atoms with van der Waals surface area (Å²) in [6.07, 6.45) is -2.99. The van der Waals surface area contributed by atoms with Crippen LogP contribution in [0.25, 0.3) is 0 Å². The first-order chi connectivity index (χ1) is 13.0. The highest BCUT2D eigenvalue weighted by Gasteiger charge is 2.31. The predicted molar refractivity (Wildman–Crippen MR) is 96.2 cm³/mol. The monoisotopic (exact) mass is 420 g/mol. The number of anilines is 2. The minimum absolute atomic E-state index is 0.292. The van der Waals surface area contributed by atoms with E-state index in [0.717, 1.165) is 37.2 Å². The number of halogens is 3. The fourth-order valence-corrected chi connectivity index (χ4v) is 3.38. The Hall–Kier alpha value is -1.96. The highest BCUT2D eigenvalue weighted by molar-refractivity contribution is 7.95. The van der Waals surface area contributed by atoms with Crippen LogP contribution in [-0.2, 0) is 15.6 Å². The molecule has 1 aromatic heterocycles. The van der Waals surface area contributed by atoms with Gasteiger partial charge in [0.1, 0.15) is 23.4 Å². The van der Waals surface area contributed by atoms with E-state index in [9.17, 15) is 13.2 Å². The number of rotatable bonds is 7. The third-order valence-corrected chi connectivity index (χ3v) is 4.71. The molecule has 0 bridgehead atoms. The highest BCUT2D eigenvalue weighted by Crippen LogP contribution is 2.39. The summed E-state index contributed by atoms with van der Waals surface area (Å²) >= 11 is 1.51. The molecule has 3 rings (SSSR count). The van der Waals surface area contributed by atoms with Crippen LogP contribution in [0.1, 0.15) is 18.9 Å². The standard InChI is InChI=1S/C14H15F3N6O2S2/c1-2-23-5-3-4-9-6-10(19-21-13-20-18-8-26-13)11(7-12(9)23)22-27-25-24-14(15,16)17/h6-8,22H,2-5H2,1H3. The zero-order valence-corrected chi connectivity index (χ0v) is 15.7. The quantitative estimate of drug-likeness (QED) is 0.165. The van der Waals surface area contributed by atoms with Crippen LogP contribution in [-0.4, -0.2) is 29.6 Å². The summed E-state index contributed by atoms with van der Waals surface area (Å²) in [7, 11) is 0. The lowest BCUT2D eigenvalue weighted by Crippen LogP contribution is -2.28. The molecule has 1 aliphatic rings. The Kier molecular flexibility index (Phi) is 6.46. The van der Waals surface area contributed by atoms with Gasteiger partial charge in [0.2, 0.25) is 0 Å². The van der Waals surface area contributed by atoms with Gasteiger partial charge in [-0.05, 0) is 37.5 Å². The topological polar surface area (TPSA) is 84.2 Å². The van der Waals surface area contributed by atoms with Crippen LogP contribution in [0.4, 0.5) is 35.4 Å². The van der Waals surface area contributed by atoms with E-state index in [1.165, 1.54) is 16.8 Å². The van der Waals surface area contributed by atoms with E-state index >= 15 is 0 Å². The van der Waals surface area contributed by atoms with Gasteiger partial charge in [0.25, 0.3) is 5.13 Å². The van der Waals surface area contributed by atoms with E-state index in [2.05, 4.69) is 39.3 Å². The molecule has 0 fully saturated rings. The van der Waals surface area contributed by atoms with Gasteiger partial charge in [-0.2, -0.15) is 0 Å². The minimum atomic E-state index is -4.88. The number of alkyl halides is 3. The van der Waals surface area contributed by atoms with E-state index in [1.807, 2.05) is 19.1 Å². The van der Waals surface area contributed by atoms with Gasteiger partial charge >= 0.3 is 6.36 Å². The molecule has 0 saturated heterocycles. The van der Waals surface area contributed by atoms with E-state index in [-0.39, 0.29) is 0 Å². The van der Waals surface area contributed by atoms with Crippen molar-refractivity contribution < 1.29 is 22.4 Å². The predicted octanol–water partition coefficient (Wildman–Crippen LogP) is 5.17. The molecular weight excluding hydrogens is 405 g/mol. The molecule has 1 N–H and O–H groups in total. The lowest BCUT2D eigenvalue weighted by Gasteiger charge is -2.31. The number of aryl methyl sites for hydroxylation is 1. The summed E-state index contributed by atoms with van der Waals surface area (Å²) in [5, 5.41) is 16.0. The fraction of sp³-hybridized carbons (Fsp3) is 0.429. The highest BCUT2D eigenvalue weighted by atomic mass is 32.2. The van der Waals surface area contributed by atoms with Gasteiger partial charge in [0.15, 0.2) is 0 Å². The molecule has 0 amide bonds. The Balaban J connectivity index is 1.83. The van der Waals surface area contributed by atoms with Gasteiger partial charge < -0.3 is 9.62 Å². The van der Waals surface area contributed by atoms with Crippen LogP contribution in [0.5, 0.6) is 0 Å². The summed E-state index contributed by atoms with van der Waals surface area (Å²) in [4.78, 5) is 5.47.